The van der Waals surface area contributed by atoms with Gasteiger partial charge in [-0.05, 0) is 55.0 Å². The Bertz CT molecular complexity index is 661. The highest BCUT2D eigenvalue weighted by Gasteiger charge is 2.43. The van der Waals surface area contributed by atoms with Gasteiger partial charge in [-0.2, -0.15) is 0 Å². The third-order valence-corrected chi connectivity index (χ3v) is 14.4. The summed E-state index contributed by atoms with van der Waals surface area (Å²) in [4.78, 5) is 0. The molecule has 0 bridgehead atoms. The van der Waals surface area contributed by atoms with Gasteiger partial charge in [-0.3, -0.25) is 0 Å². The zero-order valence-corrected chi connectivity index (χ0v) is 22.8. The number of hydrogen-bond acceptors (Lipinski definition) is 4. The molecule has 5 heteroatoms. The molecule has 1 aromatic carbocycles. The van der Waals surface area contributed by atoms with Crippen LogP contribution in [0.1, 0.15) is 59.4 Å². The van der Waals surface area contributed by atoms with Crippen LogP contribution in [0.15, 0.2) is 42.0 Å². The average molecular weight is 467 g/mol. The molecule has 0 radical (unpaired) electrons. The summed E-state index contributed by atoms with van der Waals surface area (Å²) in [6.45, 7) is 17.6. The van der Waals surface area contributed by atoms with Crippen molar-refractivity contribution in [2.75, 3.05) is 18.1 Å². The lowest BCUT2D eigenvalue weighted by atomic mass is 10.1. The van der Waals surface area contributed by atoms with Gasteiger partial charge in [-0.15, -0.1) is 23.5 Å². The summed E-state index contributed by atoms with van der Waals surface area (Å²) in [5.41, 5.74) is 2.73. The van der Waals surface area contributed by atoms with E-state index in [1.54, 1.807) is 0 Å². The third kappa shape index (κ3) is 7.44. The first kappa shape index (κ1) is 26.1. The summed E-state index contributed by atoms with van der Waals surface area (Å²) in [5, 5.41) is 0.193. The zero-order valence-electron chi connectivity index (χ0n) is 20.1. The molecule has 0 aromatic heterocycles. The lowest BCUT2D eigenvalue weighted by Crippen LogP contribution is -2.47. The van der Waals surface area contributed by atoms with Gasteiger partial charge in [-0.1, -0.05) is 69.7 Å². The molecule has 0 amide bonds. The summed E-state index contributed by atoms with van der Waals surface area (Å²) in [5.74, 6) is 2.47. The fourth-order valence-corrected chi connectivity index (χ4v) is 8.27. The predicted molar refractivity (Wildman–Crippen MR) is 139 cm³/mol. The van der Waals surface area contributed by atoms with Crippen molar-refractivity contribution in [3.05, 3.63) is 47.5 Å². The minimum absolute atomic E-state index is 0.118. The lowest BCUT2D eigenvalue weighted by Gasteiger charge is -2.44. The van der Waals surface area contributed by atoms with E-state index in [0.29, 0.717) is 13.2 Å². The van der Waals surface area contributed by atoms with Crippen LogP contribution in [-0.2, 0) is 15.8 Å². The lowest BCUT2D eigenvalue weighted by molar-refractivity contribution is 0.0303. The molecule has 1 saturated heterocycles. The molecule has 1 aliphatic heterocycles. The fourth-order valence-electron chi connectivity index (χ4n) is 3.45. The van der Waals surface area contributed by atoms with Gasteiger partial charge in [0.15, 0.2) is 8.32 Å². The third-order valence-electron chi connectivity index (χ3n) is 6.25. The van der Waals surface area contributed by atoms with Crippen LogP contribution in [0.25, 0.3) is 0 Å². The molecule has 0 aliphatic carbocycles. The molecule has 2 rings (SSSR count). The normalized spacial score (nSPS) is 19.0. The number of allylic oxidation sites excluding steroid dienone is 1. The van der Waals surface area contributed by atoms with Crippen LogP contribution < -0.4 is 0 Å². The highest BCUT2D eigenvalue weighted by atomic mass is 32.2. The quantitative estimate of drug-likeness (QED) is 0.257. The maximum absolute atomic E-state index is 6.96. The van der Waals surface area contributed by atoms with E-state index in [4.69, 9.17) is 9.16 Å². The monoisotopic (exact) mass is 466 g/mol. The molecule has 0 unspecified atom stereocenters. The molecule has 1 aromatic rings. The smallest absolute Gasteiger partial charge is 0.192 e. The van der Waals surface area contributed by atoms with Gasteiger partial charge < -0.3 is 9.16 Å². The minimum atomic E-state index is -1.89. The van der Waals surface area contributed by atoms with Crippen LogP contribution >= 0.6 is 23.5 Å². The fraction of sp³-hybridized carbons (Fsp3) is 0.680. The van der Waals surface area contributed by atoms with Gasteiger partial charge in [0.2, 0.25) is 0 Å². The van der Waals surface area contributed by atoms with Gasteiger partial charge in [0.05, 0.1) is 23.4 Å². The van der Waals surface area contributed by atoms with E-state index in [2.05, 4.69) is 108 Å². The Morgan fingerprint density at radius 1 is 1.17 bits per heavy atom. The van der Waals surface area contributed by atoms with Crippen LogP contribution in [0.3, 0.4) is 0 Å². The summed E-state index contributed by atoms with van der Waals surface area (Å²) in [6, 6.07) is 10.5. The van der Waals surface area contributed by atoms with E-state index in [1.165, 1.54) is 29.1 Å². The van der Waals surface area contributed by atoms with Crippen LogP contribution in [0.2, 0.25) is 18.1 Å². The predicted octanol–water partition coefficient (Wildman–Crippen LogP) is 7.91. The summed E-state index contributed by atoms with van der Waals surface area (Å²) >= 11 is 4.25. The first-order valence-electron chi connectivity index (χ1n) is 11.3. The van der Waals surface area contributed by atoms with Crippen molar-refractivity contribution in [2.24, 2.45) is 0 Å². The van der Waals surface area contributed by atoms with Crippen LogP contribution in [0, 0.1) is 0 Å². The van der Waals surface area contributed by atoms with Crippen molar-refractivity contribution in [3.63, 3.8) is 0 Å². The van der Waals surface area contributed by atoms with Gasteiger partial charge >= 0.3 is 0 Å². The molecule has 1 aliphatic rings. The molecule has 1 atom stereocenters. The van der Waals surface area contributed by atoms with Crippen molar-refractivity contribution in [1.82, 2.24) is 0 Å². The number of ether oxygens (including phenoxy) is 1. The Kier molecular flexibility index (Phi) is 10.1. The number of thioether (sulfide) groups is 2. The van der Waals surface area contributed by atoms with Crippen molar-refractivity contribution in [3.8, 4) is 0 Å². The van der Waals surface area contributed by atoms with Gasteiger partial charge in [-0.25, -0.2) is 0 Å². The molecular weight excluding hydrogens is 424 g/mol. The maximum atomic E-state index is 6.96. The highest BCUT2D eigenvalue weighted by molar-refractivity contribution is 8.19. The molecule has 2 nitrogen and oxygen atoms in total. The van der Waals surface area contributed by atoms with E-state index in [0.717, 1.165) is 12.8 Å². The second-order valence-corrected chi connectivity index (χ2v) is 17.6. The van der Waals surface area contributed by atoms with Gasteiger partial charge in [0, 0.05) is 6.42 Å². The van der Waals surface area contributed by atoms with Crippen LogP contribution in [-0.4, -0.2) is 36.6 Å². The zero-order chi connectivity index (χ0) is 22.3. The standard InChI is InChI=1S/C25H42O2S2Si/c1-8-13-21(2)25(28-16-12-17-29-25)18-23(27-30(6,7)24(3,4)5)20-26-19-22-14-10-9-11-15-22/h9-11,13-15,23H,8,12,16-20H2,1-7H3/b21-13+/t23-/m1/s1. The Hall–Kier alpha value is -0.203. The van der Waals surface area contributed by atoms with E-state index in [-0.39, 0.29) is 15.2 Å². The van der Waals surface area contributed by atoms with E-state index in [1.807, 2.05) is 0 Å². The molecule has 30 heavy (non-hydrogen) atoms. The minimum Gasteiger partial charge on any atom is -0.411 e. The highest BCUT2D eigenvalue weighted by Crippen LogP contribution is 2.51. The van der Waals surface area contributed by atoms with Crippen LogP contribution in [0.5, 0.6) is 0 Å². The molecule has 0 N–H and O–H groups in total. The van der Waals surface area contributed by atoms with E-state index >= 15 is 0 Å². The molecule has 0 spiro atoms. The number of rotatable bonds is 10. The number of benzene rings is 1. The van der Waals surface area contributed by atoms with Gasteiger partial charge in [0.25, 0.3) is 0 Å². The van der Waals surface area contributed by atoms with Crippen molar-refractivity contribution >= 4 is 31.8 Å². The molecule has 1 fully saturated rings. The topological polar surface area (TPSA) is 18.5 Å². The van der Waals surface area contributed by atoms with E-state index < -0.39 is 8.32 Å². The Balaban J connectivity index is 2.18. The number of hydrogen-bond donors (Lipinski definition) is 0. The molecule has 1 heterocycles. The van der Waals surface area contributed by atoms with Gasteiger partial charge in [0.1, 0.15) is 0 Å². The summed E-state index contributed by atoms with van der Waals surface area (Å²) < 4.78 is 13.3. The van der Waals surface area contributed by atoms with Crippen molar-refractivity contribution < 1.29 is 9.16 Å². The second kappa shape index (κ2) is 11.6. The molecular formula is C25H42O2S2Si. The Morgan fingerprint density at radius 2 is 1.80 bits per heavy atom. The first-order chi connectivity index (χ1) is 14.1. The largest absolute Gasteiger partial charge is 0.411 e. The maximum Gasteiger partial charge on any atom is 0.192 e. The SMILES string of the molecule is CC/C=C(\C)C1(C[C@H](COCc2ccccc2)O[Si](C)(C)C(C)(C)C)SCCCS1. The first-order valence-corrected chi connectivity index (χ1v) is 16.2. The molecule has 170 valence electrons. The van der Waals surface area contributed by atoms with Crippen LogP contribution in [0.4, 0.5) is 0 Å². The Labute approximate surface area is 195 Å². The van der Waals surface area contributed by atoms with E-state index in [9.17, 15) is 0 Å². The van der Waals surface area contributed by atoms with Crippen molar-refractivity contribution in [2.45, 2.75) is 88.8 Å². The Morgan fingerprint density at radius 3 is 2.37 bits per heavy atom. The second-order valence-electron chi connectivity index (χ2n) is 9.80. The summed E-state index contributed by atoms with van der Waals surface area (Å²) in [7, 11) is -1.89. The summed E-state index contributed by atoms with van der Waals surface area (Å²) in [6.07, 6.45) is 5.95. The molecule has 0 saturated carbocycles. The average Bonchev–Trinajstić information content (AvgIpc) is 2.68. The van der Waals surface area contributed by atoms with Crippen molar-refractivity contribution in [1.29, 1.82) is 0 Å².